The summed E-state index contributed by atoms with van der Waals surface area (Å²) in [4.78, 5) is 25.7. The largest absolute Gasteiger partial charge is 0.340 e. The Hall–Kier alpha value is -3.63. The van der Waals surface area contributed by atoms with Crippen molar-refractivity contribution in [2.75, 3.05) is 36.8 Å². The summed E-state index contributed by atoms with van der Waals surface area (Å²) in [5, 5.41) is 7.14. The Bertz CT molecular complexity index is 1130. The van der Waals surface area contributed by atoms with E-state index >= 15 is 0 Å². The van der Waals surface area contributed by atoms with Crippen molar-refractivity contribution in [1.29, 1.82) is 0 Å². The minimum absolute atomic E-state index is 0.0872. The van der Waals surface area contributed by atoms with Crippen LogP contribution in [0.15, 0.2) is 48.8 Å². The van der Waals surface area contributed by atoms with Crippen molar-refractivity contribution in [2.45, 2.75) is 19.9 Å². The minimum atomic E-state index is -0.0872. The van der Waals surface area contributed by atoms with E-state index in [2.05, 4.69) is 45.3 Å². The van der Waals surface area contributed by atoms with Gasteiger partial charge in [-0.2, -0.15) is 0 Å². The number of nitrogens with one attached hydrogen (secondary N) is 2. The topological polar surface area (TPSA) is 73.4 Å². The third kappa shape index (κ3) is 4.76. The summed E-state index contributed by atoms with van der Waals surface area (Å²) in [6.07, 6.45) is 7.02. The Morgan fingerprint density at radius 1 is 1.06 bits per heavy atom. The highest BCUT2D eigenvalue weighted by Gasteiger charge is 2.22. The molecule has 1 saturated heterocycles. The summed E-state index contributed by atoms with van der Waals surface area (Å²) < 4.78 is 0. The van der Waals surface area contributed by atoms with Crippen molar-refractivity contribution in [3.05, 3.63) is 54.4 Å². The molecule has 0 spiro atoms. The van der Waals surface area contributed by atoms with E-state index < -0.39 is 0 Å². The van der Waals surface area contributed by atoms with Gasteiger partial charge in [0.1, 0.15) is 12.1 Å². The lowest BCUT2D eigenvalue weighted by Crippen LogP contribution is -2.51. The van der Waals surface area contributed by atoms with Crippen molar-refractivity contribution in [1.82, 2.24) is 19.8 Å². The Morgan fingerprint density at radius 3 is 2.61 bits per heavy atom. The van der Waals surface area contributed by atoms with Gasteiger partial charge in [-0.15, -0.1) is 6.42 Å². The van der Waals surface area contributed by atoms with E-state index in [1.807, 2.05) is 47.4 Å². The van der Waals surface area contributed by atoms with Crippen molar-refractivity contribution >= 4 is 34.1 Å². The zero-order valence-electron chi connectivity index (χ0n) is 17.8. The van der Waals surface area contributed by atoms with Crippen LogP contribution in [0.3, 0.4) is 0 Å². The van der Waals surface area contributed by atoms with Gasteiger partial charge in [0.05, 0.1) is 5.52 Å². The Morgan fingerprint density at radius 2 is 1.87 bits per heavy atom. The maximum absolute atomic E-state index is 12.8. The van der Waals surface area contributed by atoms with E-state index in [0.717, 1.165) is 48.3 Å². The van der Waals surface area contributed by atoms with Crippen molar-refractivity contribution in [3.8, 4) is 12.3 Å². The molecular formula is C24H26N6O. The fourth-order valence-corrected chi connectivity index (χ4v) is 3.70. The highest BCUT2D eigenvalue weighted by molar-refractivity contribution is 5.96. The van der Waals surface area contributed by atoms with Gasteiger partial charge in [-0.3, -0.25) is 4.90 Å². The van der Waals surface area contributed by atoms with Crippen LogP contribution in [0.25, 0.3) is 10.9 Å². The normalized spacial score (nSPS) is 14.5. The lowest BCUT2D eigenvalue weighted by molar-refractivity contribution is 0.125. The molecule has 1 aromatic heterocycles. The minimum Gasteiger partial charge on any atom is -0.340 e. The zero-order chi connectivity index (χ0) is 21.8. The van der Waals surface area contributed by atoms with E-state index in [1.165, 1.54) is 6.33 Å². The number of carbonyl (C=O) groups is 1. The van der Waals surface area contributed by atoms with Crippen LogP contribution in [0.4, 0.5) is 22.0 Å². The fraction of sp³-hybridized carbons (Fsp3) is 0.292. The van der Waals surface area contributed by atoms with Crippen LogP contribution in [0.2, 0.25) is 0 Å². The second-order valence-electron chi connectivity index (χ2n) is 7.85. The first-order chi connectivity index (χ1) is 15.0. The van der Waals surface area contributed by atoms with Gasteiger partial charge < -0.3 is 15.5 Å². The van der Waals surface area contributed by atoms with Crippen LogP contribution >= 0.6 is 0 Å². The van der Waals surface area contributed by atoms with Gasteiger partial charge in [0, 0.05) is 54.5 Å². The number of anilines is 3. The van der Waals surface area contributed by atoms with E-state index in [0.29, 0.717) is 17.5 Å². The van der Waals surface area contributed by atoms with Gasteiger partial charge in [-0.05, 0) is 50.2 Å². The summed E-state index contributed by atoms with van der Waals surface area (Å²) in [6, 6.07) is 13.6. The first-order valence-electron chi connectivity index (χ1n) is 10.4. The van der Waals surface area contributed by atoms with Crippen molar-refractivity contribution < 1.29 is 4.79 Å². The number of rotatable bonds is 4. The fourth-order valence-electron chi connectivity index (χ4n) is 3.70. The maximum atomic E-state index is 12.8. The summed E-state index contributed by atoms with van der Waals surface area (Å²) in [7, 11) is 0. The number of hydrogen-bond donors (Lipinski definition) is 2. The molecule has 7 heteroatoms. The molecule has 0 saturated carbocycles. The quantitative estimate of drug-likeness (QED) is 0.633. The summed E-state index contributed by atoms with van der Waals surface area (Å²) in [5.74, 6) is 3.29. The Balaban J connectivity index is 1.51. The van der Waals surface area contributed by atoms with Gasteiger partial charge >= 0.3 is 6.03 Å². The molecule has 2 aromatic carbocycles. The molecule has 0 bridgehead atoms. The van der Waals surface area contributed by atoms with Gasteiger partial charge in [0.15, 0.2) is 0 Å². The summed E-state index contributed by atoms with van der Waals surface area (Å²) in [6.45, 7) is 7.59. The highest BCUT2D eigenvalue weighted by Crippen LogP contribution is 2.26. The molecule has 1 aliphatic rings. The first kappa shape index (κ1) is 20.6. The monoisotopic (exact) mass is 414 g/mol. The number of aromatic nitrogens is 2. The number of fused-ring (bicyclic) bond motifs is 1. The number of amides is 2. The van der Waals surface area contributed by atoms with Gasteiger partial charge in [0.25, 0.3) is 0 Å². The summed E-state index contributed by atoms with van der Waals surface area (Å²) >= 11 is 0. The van der Waals surface area contributed by atoms with E-state index in [4.69, 9.17) is 6.42 Å². The summed E-state index contributed by atoms with van der Waals surface area (Å²) in [5.41, 5.74) is 3.12. The lowest BCUT2D eigenvalue weighted by Gasteiger charge is -2.36. The second kappa shape index (κ2) is 9.02. The highest BCUT2D eigenvalue weighted by atomic mass is 16.2. The number of hydrogen-bond acceptors (Lipinski definition) is 5. The van der Waals surface area contributed by atoms with Crippen molar-refractivity contribution in [2.24, 2.45) is 0 Å². The molecule has 0 unspecified atom stereocenters. The molecule has 1 fully saturated rings. The van der Waals surface area contributed by atoms with Gasteiger partial charge in [0.2, 0.25) is 0 Å². The zero-order valence-corrected chi connectivity index (χ0v) is 17.8. The molecule has 0 atom stereocenters. The number of terminal acetylenes is 1. The Labute approximate surface area is 182 Å². The van der Waals surface area contributed by atoms with Crippen LogP contribution in [0, 0.1) is 12.3 Å². The first-order valence-corrected chi connectivity index (χ1v) is 10.4. The van der Waals surface area contributed by atoms with Gasteiger partial charge in [-0.25, -0.2) is 14.8 Å². The van der Waals surface area contributed by atoms with E-state index in [-0.39, 0.29) is 6.03 Å². The molecule has 2 amide bonds. The molecule has 2 N–H and O–H groups in total. The number of benzene rings is 2. The van der Waals surface area contributed by atoms with Gasteiger partial charge in [-0.1, -0.05) is 12.0 Å². The lowest BCUT2D eigenvalue weighted by atomic mass is 10.2. The molecule has 1 aliphatic heterocycles. The van der Waals surface area contributed by atoms with Crippen LogP contribution in [-0.2, 0) is 0 Å². The van der Waals surface area contributed by atoms with Crippen LogP contribution < -0.4 is 10.6 Å². The predicted molar refractivity (Wildman–Crippen MR) is 124 cm³/mol. The number of carbonyl (C=O) groups excluding carboxylic acids is 1. The standard InChI is InChI=1S/C24H26N6O/c1-4-18-6-5-7-19(14-18)27-23-21-15-20(8-9-22(21)25-16-26-23)28-24(31)30-12-10-29(11-13-30)17(2)3/h1,5-9,14-17H,10-13H2,2-3H3,(H,28,31)(H,25,26,27). The predicted octanol–water partition coefficient (Wildman–Crippen LogP) is 3.91. The number of nitrogens with zero attached hydrogens (tertiary/aromatic N) is 4. The van der Waals surface area contributed by atoms with Crippen LogP contribution in [0.1, 0.15) is 19.4 Å². The van der Waals surface area contributed by atoms with E-state index in [1.54, 1.807) is 0 Å². The molecule has 31 heavy (non-hydrogen) atoms. The molecule has 4 rings (SSSR count). The van der Waals surface area contributed by atoms with Crippen LogP contribution in [0.5, 0.6) is 0 Å². The molecule has 7 nitrogen and oxygen atoms in total. The molecular weight excluding hydrogens is 388 g/mol. The number of piperazine rings is 1. The van der Waals surface area contributed by atoms with E-state index in [9.17, 15) is 4.79 Å². The molecule has 158 valence electrons. The smallest absolute Gasteiger partial charge is 0.321 e. The SMILES string of the molecule is C#Cc1cccc(Nc2ncnc3ccc(NC(=O)N4CCN(C(C)C)CC4)cc23)c1. The molecule has 2 heterocycles. The molecule has 0 radical (unpaired) electrons. The number of urea groups is 1. The van der Waals surface area contributed by atoms with Crippen LogP contribution in [-0.4, -0.2) is 58.0 Å². The third-order valence-electron chi connectivity index (χ3n) is 5.51. The van der Waals surface area contributed by atoms with Crippen molar-refractivity contribution in [3.63, 3.8) is 0 Å². The molecule has 3 aromatic rings. The average molecular weight is 415 g/mol. The Kier molecular flexibility index (Phi) is 6.01. The maximum Gasteiger partial charge on any atom is 0.321 e. The average Bonchev–Trinajstić information content (AvgIpc) is 2.79. The molecule has 0 aliphatic carbocycles. The third-order valence-corrected chi connectivity index (χ3v) is 5.51. The second-order valence-corrected chi connectivity index (χ2v) is 7.85.